The maximum Gasteiger partial charge on any atom is 0.227 e. The lowest BCUT2D eigenvalue weighted by Crippen LogP contribution is -2.29. The highest BCUT2D eigenvalue weighted by Crippen LogP contribution is 2.37. The standard InChI is InChI=1S/C14H19N3O2/c1-9-3-4-12(16-8-9)17-13(18)5-6-15-14(19)11-7-10(11)2/h3-4,8,10-11H,5-7H2,1-2H3,(H,15,19)(H,16,17,18)/t10-,11+/m1/s1. The van der Waals surface area contributed by atoms with Crippen LogP contribution in [0.15, 0.2) is 18.3 Å². The molecule has 1 aliphatic carbocycles. The van der Waals surface area contributed by atoms with Crippen LogP contribution in [0.25, 0.3) is 0 Å². The Morgan fingerprint density at radius 2 is 2.16 bits per heavy atom. The third-order valence-electron chi connectivity index (χ3n) is 3.28. The molecule has 2 atom stereocenters. The van der Waals surface area contributed by atoms with E-state index in [1.807, 2.05) is 13.0 Å². The van der Waals surface area contributed by atoms with Crippen molar-refractivity contribution >= 4 is 17.6 Å². The molecule has 0 unspecified atom stereocenters. The van der Waals surface area contributed by atoms with Crippen molar-refractivity contribution in [1.82, 2.24) is 10.3 Å². The first-order valence-corrected chi connectivity index (χ1v) is 6.56. The predicted molar refractivity (Wildman–Crippen MR) is 72.5 cm³/mol. The normalized spacial score (nSPS) is 20.7. The van der Waals surface area contributed by atoms with E-state index in [0.717, 1.165) is 12.0 Å². The average molecular weight is 261 g/mol. The number of carbonyl (C=O) groups is 2. The number of rotatable bonds is 5. The van der Waals surface area contributed by atoms with Gasteiger partial charge in [0.15, 0.2) is 0 Å². The quantitative estimate of drug-likeness (QED) is 0.843. The largest absolute Gasteiger partial charge is 0.355 e. The molecular formula is C14H19N3O2. The first-order chi connectivity index (χ1) is 9.06. The van der Waals surface area contributed by atoms with Crippen molar-refractivity contribution in [3.63, 3.8) is 0 Å². The minimum absolute atomic E-state index is 0.0637. The Labute approximate surface area is 112 Å². The minimum atomic E-state index is -0.138. The van der Waals surface area contributed by atoms with E-state index >= 15 is 0 Å². The summed E-state index contributed by atoms with van der Waals surface area (Å²) >= 11 is 0. The summed E-state index contributed by atoms with van der Waals surface area (Å²) in [4.78, 5) is 27.3. The molecule has 1 saturated carbocycles. The molecule has 1 fully saturated rings. The van der Waals surface area contributed by atoms with Crippen LogP contribution in [0, 0.1) is 18.8 Å². The van der Waals surface area contributed by atoms with E-state index in [2.05, 4.69) is 22.5 Å². The molecule has 5 heteroatoms. The van der Waals surface area contributed by atoms with Gasteiger partial charge in [0.05, 0.1) is 0 Å². The summed E-state index contributed by atoms with van der Waals surface area (Å²) in [7, 11) is 0. The van der Waals surface area contributed by atoms with Crippen molar-refractivity contribution in [1.29, 1.82) is 0 Å². The summed E-state index contributed by atoms with van der Waals surface area (Å²) < 4.78 is 0. The van der Waals surface area contributed by atoms with Crippen molar-refractivity contribution in [2.24, 2.45) is 11.8 Å². The van der Waals surface area contributed by atoms with E-state index in [9.17, 15) is 9.59 Å². The highest BCUT2D eigenvalue weighted by Gasteiger charge is 2.38. The summed E-state index contributed by atoms with van der Waals surface area (Å²) in [6, 6.07) is 3.65. The van der Waals surface area contributed by atoms with Crippen LogP contribution < -0.4 is 10.6 Å². The van der Waals surface area contributed by atoms with Gasteiger partial charge >= 0.3 is 0 Å². The summed E-state index contributed by atoms with van der Waals surface area (Å²) in [6.07, 6.45) is 2.93. The molecule has 1 aromatic heterocycles. The van der Waals surface area contributed by atoms with Gasteiger partial charge in [-0.3, -0.25) is 9.59 Å². The van der Waals surface area contributed by atoms with Crippen LogP contribution >= 0.6 is 0 Å². The second-order valence-corrected chi connectivity index (χ2v) is 5.13. The predicted octanol–water partition coefficient (Wildman–Crippen LogP) is 1.49. The maximum atomic E-state index is 11.6. The fourth-order valence-corrected chi connectivity index (χ4v) is 1.86. The van der Waals surface area contributed by atoms with Gasteiger partial charge in [-0.15, -0.1) is 0 Å². The van der Waals surface area contributed by atoms with Crippen LogP contribution in [0.5, 0.6) is 0 Å². The highest BCUT2D eigenvalue weighted by molar-refractivity contribution is 5.90. The van der Waals surface area contributed by atoms with Crippen LogP contribution in [0.2, 0.25) is 0 Å². The Bertz CT molecular complexity index is 470. The smallest absolute Gasteiger partial charge is 0.227 e. The van der Waals surface area contributed by atoms with E-state index in [4.69, 9.17) is 0 Å². The Morgan fingerprint density at radius 3 is 2.74 bits per heavy atom. The van der Waals surface area contributed by atoms with E-state index in [0.29, 0.717) is 18.3 Å². The highest BCUT2D eigenvalue weighted by atomic mass is 16.2. The van der Waals surface area contributed by atoms with E-state index < -0.39 is 0 Å². The molecule has 0 bridgehead atoms. The molecule has 2 N–H and O–H groups in total. The number of aromatic nitrogens is 1. The average Bonchev–Trinajstić information content (AvgIpc) is 3.09. The van der Waals surface area contributed by atoms with Crippen LogP contribution in [0.3, 0.4) is 0 Å². The SMILES string of the molecule is Cc1ccc(NC(=O)CCNC(=O)[C@H]2C[C@H]2C)nc1. The van der Waals surface area contributed by atoms with Gasteiger partial charge in [-0.05, 0) is 30.9 Å². The summed E-state index contributed by atoms with van der Waals surface area (Å²) in [5.41, 5.74) is 1.05. The van der Waals surface area contributed by atoms with Gasteiger partial charge in [0, 0.05) is 25.1 Å². The summed E-state index contributed by atoms with van der Waals surface area (Å²) in [6.45, 7) is 4.37. The number of pyridine rings is 1. The van der Waals surface area contributed by atoms with Crippen LogP contribution in [-0.2, 0) is 9.59 Å². The molecule has 1 aliphatic rings. The lowest BCUT2D eigenvalue weighted by atomic mass is 10.3. The lowest BCUT2D eigenvalue weighted by molar-refractivity contribution is -0.122. The van der Waals surface area contributed by atoms with Gasteiger partial charge in [-0.2, -0.15) is 0 Å². The number of hydrogen-bond acceptors (Lipinski definition) is 3. The third-order valence-corrected chi connectivity index (χ3v) is 3.28. The number of carbonyl (C=O) groups excluding carboxylic acids is 2. The zero-order valence-electron chi connectivity index (χ0n) is 11.3. The fraction of sp³-hybridized carbons (Fsp3) is 0.500. The third kappa shape index (κ3) is 4.05. The summed E-state index contributed by atoms with van der Waals surface area (Å²) in [5.74, 6) is 1.11. The van der Waals surface area contributed by atoms with Gasteiger partial charge in [0.25, 0.3) is 0 Å². The molecule has 0 saturated heterocycles. The molecule has 0 spiro atoms. The monoisotopic (exact) mass is 261 g/mol. The molecule has 0 radical (unpaired) electrons. The van der Waals surface area contributed by atoms with Crippen molar-refractivity contribution in [2.45, 2.75) is 26.7 Å². The molecule has 0 aliphatic heterocycles. The molecule has 5 nitrogen and oxygen atoms in total. The van der Waals surface area contributed by atoms with Gasteiger partial charge in [0.1, 0.15) is 5.82 Å². The van der Waals surface area contributed by atoms with Gasteiger partial charge in [0.2, 0.25) is 11.8 Å². The number of anilines is 1. The van der Waals surface area contributed by atoms with Crippen molar-refractivity contribution in [2.75, 3.05) is 11.9 Å². The lowest BCUT2D eigenvalue weighted by Gasteiger charge is -2.06. The van der Waals surface area contributed by atoms with Crippen molar-refractivity contribution < 1.29 is 9.59 Å². The molecule has 19 heavy (non-hydrogen) atoms. The zero-order valence-corrected chi connectivity index (χ0v) is 11.3. The Balaban J connectivity index is 1.67. The van der Waals surface area contributed by atoms with Gasteiger partial charge < -0.3 is 10.6 Å². The number of amides is 2. The van der Waals surface area contributed by atoms with E-state index in [-0.39, 0.29) is 24.2 Å². The van der Waals surface area contributed by atoms with Gasteiger partial charge in [-0.1, -0.05) is 13.0 Å². The first kappa shape index (κ1) is 13.5. The minimum Gasteiger partial charge on any atom is -0.355 e. The van der Waals surface area contributed by atoms with Crippen molar-refractivity contribution in [3.8, 4) is 0 Å². The topological polar surface area (TPSA) is 71.1 Å². The first-order valence-electron chi connectivity index (χ1n) is 6.56. The molecule has 2 rings (SSSR count). The van der Waals surface area contributed by atoms with E-state index in [1.165, 1.54) is 0 Å². The molecule has 0 aromatic carbocycles. The molecule has 1 aromatic rings. The molecule has 102 valence electrons. The number of nitrogens with zero attached hydrogens (tertiary/aromatic N) is 1. The molecular weight excluding hydrogens is 242 g/mol. The van der Waals surface area contributed by atoms with Crippen LogP contribution in [0.4, 0.5) is 5.82 Å². The number of hydrogen-bond donors (Lipinski definition) is 2. The number of nitrogens with one attached hydrogen (secondary N) is 2. The van der Waals surface area contributed by atoms with Crippen molar-refractivity contribution in [3.05, 3.63) is 23.9 Å². The second-order valence-electron chi connectivity index (χ2n) is 5.13. The van der Waals surface area contributed by atoms with E-state index in [1.54, 1.807) is 12.3 Å². The maximum absolute atomic E-state index is 11.6. The summed E-state index contributed by atoms with van der Waals surface area (Å²) in [5, 5.41) is 5.48. The fourth-order valence-electron chi connectivity index (χ4n) is 1.86. The number of aryl methyl sites for hydroxylation is 1. The second kappa shape index (κ2) is 5.82. The zero-order chi connectivity index (χ0) is 13.8. The Kier molecular flexibility index (Phi) is 4.14. The molecule has 2 amide bonds. The Morgan fingerprint density at radius 1 is 1.42 bits per heavy atom. The Hall–Kier alpha value is -1.91. The van der Waals surface area contributed by atoms with Crippen LogP contribution in [-0.4, -0.2) is 23.3 Å². The van der Waals surface area contributed by atoms with Crippen LogP contribution in [0.1, 0.15) is 25.3 Å². The van der Waals surface area contributed by atoms with Gasteiger partial charge in [-0.25, -0.2) is 4.98 Å². The molecule has 1 heterocycles.